The summed E-state index contributed by atoms with van der Waals surface area (Å²) < 4.78 is 19.6. The highest BCUT2D eigenvalue weighted by Gasteiger charge is 2.16. The van der Waals surface area contributed by atoms with Gasteiger partial charge in [0, 0.05) is 19.1 Å². The molecule has 1 aromatic rings. The molecule has 0 heterocycles. The summed E-state index contributed by atoms with van der Waals surface area (Å²) in [5, 5.41) is 9.51. The van der Waals surface area contributed by atoms with E-state index in [-0.39, 0.29) is 24.7 Å². The van der Waals surface area contributed by atoms with Crippen molar-refractivity contribution in [2.24, 2.45) is 0 Å². The number of phenolic OH excluding ortho intramolecular Hbond substituents is 1. The van der Waals surface area contributed by atoms with E-state index in [1.807, 2.05) is 0 Å². The average Bonchev–Trinajstić information content (AvgIpc) is 2.62. The first kappa shape index (κ1) is 20.8. The lowest BCUT2D eigenvalue weighted by Crippen LogP contribution is -2.29. The first-order valence-electron chi connectivity index (χ1n) is 7.54. The van der Waals surface area contributed by atoms with E-state index in [1.165, 1.54) is 32.2 Å². The van der Waals surface area contributed by atoms with Crippen LogP contribution in [0.25, 0.3) is 6.08 Å². The number of methoxy groups -OCH3 is 1. The Labute approximate surface area is 150 Å². The zero-order valence-corrected chi connectivity index (χ0v) is 14.5. The monoisotopic (exact) mass is 364 g/mol. The highest BCUT2D eigenvalue weighted by atomic mass is 16.6. The molecule has 0 spiro atoms. The molecule has 8 heteroatoms. The Morgan fingerprint density at radius 1 is 1.19 bits per heavy atom. The minimum absolute atomic E-state index is 0.0227. The lowest BCUT2D eigenvalue weighted by atomic mass is 10.2. The first-order valence-corrected chi connectivity index (χ1v) is 7.54. The Bertz CT molecular complexity index is 692. The number of carbonyl (C=O) groups excluding carboxylic acids is 3. The normalized spacial score (nSPS) is 11.5. The summed E-state index contributed by atoms with van der Waals surface area (Å²) in [6.45, 7) is 3.87. The molecule has 1 aromatic carbocycles. The van der Waals surface area contributed by atoms with Gasteiger partial charge in [0.1, 0.15) is 13.2 Å². The molecule has 1 unspecified atom stereocenters. The summed E-state index contributed by atoms with van der Waals surface area (Å²) in [6, 6.07) is 4.54. The van der Waals surface area contributed by atoms with Crippen molar-refractivity contribution in [1.29, 1.82) is 0 Å². The van der Waals surface area contributed by atoms with E-state index in [2.05, 4.69) is 6.58 Å². The van der Waals surface area contributed by atoms with Crippen LogP contribution in [-0.2, 0) is 28.6 Å². The average molecular weight is 364 g/mol. The molecule has 0 aromatic heterocycles. The first-order chi connectivity index (χ1) is 12.3. The number of ether oxygens (including phenoxy) is 4. The van der Waals surface area contributed by atoms with E-state index in [9.17, 15) is 19.5 Å². The highest BCUT2D eigenvalue weighted by Crippen LogP contribution is 2.26. The second-order valence-electron chi connectivity index (χ2n) is 4.96. The standard InChI is InChI=1S/C18H20O8/c1-4-17(21)24-10-14(26-12(2)19)11-25-18(22)8-6-13-5-7-15(20)16(9-13)23-3/h4-9,14,20H,1,10-11H2,2-3H3/b8-6+. The van der Waals surface area contributed by atoms with Crippen molar-refractivity contribution in [3.05, 3.63) is 42.5 Å². The van der Waals surface area contributed by atoms with Crippen LogP contribution < -0.4 is 4.74 Å². The minimum atomic E-state index is -0.928. The fourth-order valence-corrected chi connectivity index (χ4v) is 1.77. The van der Waals surface area contributed by atoms with Crippen LogP contribution in [0.3, 0.4) is 0 Å². The van der Waals surface area contributed by atoms with Crippen LogP contribution in [0.15, 0.2) is 36.9 Å². The fourth-order valence-electron chi connectivity index (χ4n) is 1.77. The van der Waals surface area contributed by atoms with Gasteiger partial charge >= 0.3 is 17.9 Å². The van der Waals surface area contributed by atoms with Gasteiger partial charge in [0.25, 0.3) is 0 Å². The fraction of sp³-hybridized carbons (Fsp3) is 0.278. The third-order valence-corrected chi connectivity index (χ3v) is 2.94. The molecule has 8 nitrogen and oxygen atoms in total. The molecule has 0 aliphatic rings. The quantitative estimate of drug-likeness (QED) is 0.400. The van der Waals surface area contributed by atoms with Gasteiger partial charge in [0.15, 0.2) is 17.6 Å². The molecule has 1 rings (SSSR count). The van der Waals surface area contributed by atoms with Gasteiger partial charge in [-0.2, -0.15) is 0 Å². The highest BCUT2D eigenvalue weighted by molar-refractivity contribution is 5.87. The van der Waals surface area contributed by atoms with Crippen LogP contribution in [0.1, 0.15) is 12.5 Å². The zero-order valence-electron chi connectivity index (χ0n) is 14.5. The molecule has 1 N–H and O–H groups in total. The molecule has 26 heavy (non-hydrogen) atoms. The van der Waals surface area contributed by atoms with Crippen molar-refractivity contribution in [3.8, 4) is 11.5 Å². The smallest absolute Gasteiger partial charge is 0.330 e. The summed E-state index contributed by atoms with van der Waals surface area (Å²) in [4.78, 5) is 33.9. The van der Waals surface area contributed by atoms with E-state index in [4.69, 9.17) is 18.9 Å². The van der Waals surface area contributed by atoms with Crippen LogP contribution in [-0.4, -0.2) is 49.4 Å². The maximum atomic E-state index is 11.8. The van der Waals surface area contributed by atoms with Crippen LogP contribution in [0.4, 0.5) is 0 Å². The second kappa shape index (κ2) is 10.5. The Balaban J connectivity index is 2.59. The molecule has 0 fully saturated rings. The zero-order chi connectivity index (χ0) is 19.5. The predicted molar refractivity (Wildman–Crippen MR) is 91.4 cm³/mol. The predicted octanol–water partition coefficient (Wildman–Crippen LogP) is 1.62. The van der Waals surface area contributed by atoms with Gasteiger partial charge in [-0.3, -0.25) is 4.79 Å². The summed E-state index contributed by atoms with van der Waals surface area (Å²) in [5.74, 6) is -1.74. The number of esters is 3. The van der Waals surface area contributed by atoms with Crippen molar-refractivity contribution < 1.29 is 38.4 Å². The van der Waals surface area contributed by atoms with E-state index in [0.717, 1.165) is 12.2 Å². The van der Waals surface area contributed by atoms with Gasteiger partial charge < -0.3 is 24.1 Å². The number of benzene rings is 1. The third kappa shape index (κ3) is 7.52. The molecule has 140 valence electrons. The number of hydrogen-bond acceptors (Lipinski definition) is 8. The molecule has 0 saturated carbocycles. The van der Waals surface area contributed by atoms with E-state index >= 15 is 0 Å². The molecule has 0 saturated heterocycles. The van der Waals surface area contributed by atoms with Crippen molar-refractivity contribution >= 4 is 24.0 Å². The summed E-state index contributed by atoms with van der Waals surface area (Å²) >= 11 is 0. The molecule has 0 aliphatic heterocycles. The summed E-state index contributed by atoms with van der Waals surface area (Å²) in [7, 11) is 1.41. The Morgan fingerprint density at radius 2 is 1.85 bits per heavy atom. The molecule has 0 radical (unpaired) electrons. The van der Waals surface area contributed by atoms with Crippen LogP contribution in [0.2, 0.25) is 0 Å². The molecule has 1 atom stereocenters. The van der Waals surface area contributed by atoms with Gasteiger partial charge in [-0.1, -0.05) is 12.6 Å². The lowest BCUT2D eigenvalue weighted by Gasteiger charge is -2.16. The topological polar surface area (TPSA) is 108 Å². The van der Waals surface area contributed by atoms with Crippen molar-refractivity contribution in [2.45, 2.75) is 13.0 Å². The Hall–Kier alpha value is -3.29. The largest absolute Gasteiger partial charge is 0.504 e. The van der Waals surface area contributed by atoms with Crippen LogP contribution in [0.5, 0.6) is 11.5 Å². The molecule has 0 bridgehead atoms. The van der Waals surface area contributed by atoms with Crippen LogP contribution in [0, 0.1) is 0 Å². The van der Waals surface area contributed by atoms with Gasteiger partial charge in [-0.15, -0.1) is 0 Å². The SMILES string of the molecule is C=CC(=O)OCC(COC(=O)/C=C/c1ccc(O)c(OC)c1)OC(C)=O. The maximum absolute atomic E-state index is 11.8. The maximum Gasteiger partial charge on any atom is 0.330 e. The number of aromatic hydroxyl groups is 1. The van der Waals surface area contributed by atoms with E-state index < -0.39 is 24.0 Å². The van der Waals surface area contributed by atoms with Crippen molar-refractivity contribution in [2.75, 3.05) is 20.3 Å². The van der Waals surface area contributed by atoms with Crippen LogP contribution >= 0.6 is 0 Å². The van der Waals surface area contributed by atoms with E-state index in [0.29, 0.717) is 5.56 Å². The molecular formula is C18H20O8. The second-order valence-corrected chi connectivity index (χ2v) is 4.96. The number of rotatable bonds is 9. The molecule has 0 amide bonds. The van der Waals surface area contributed by atoms with E-state index in [1.54, 1.807) is 6.07 Å². The molecule has 0 aliphatic carbocycles. The third-order valence-electron chi connectivity index (χ3n) is 2.94. The number of carbonyl (C=O) groups is 3. The van der Waals surface area contributed by atoms with Gasteiger partial charge in [-0.25, -0.2) is 9.59 Å². The van der Waals surface area contributed by atoms with Gasteiger partial charge in [0.2, 0.25) is 0 Å². The number of phenols is 1. The Morgan fingerprint density at radius 3 is 2.42 bits per heavy atom. The Kier molecular flexibility index (Phi) is 8.42. The lowest BCUT2D eigenvalue weighted by molar-refractivity contribution is -0.162. The summed E-state index contributed by atoms with van der Waals surface area (Å²) in [6.07, 6.45) is 2.66. The van der Waals surface area contributed by atoms with Crippen molar-refractivity contribution in [3.63, 3.8) is 0 Å². The van der Waals surface area contributed by atoms with Crippen molar-refractivity contribution in [1.82, 2.24) is 0 Å². The van der Waals surface area contributed by atoms with Gasteiger partial charge in [-0.05, 0) is 23.8 Å². The molecular weight excluding hydrogens is 344 g/mol. The minimum Gasteiger partial charge on any atom is -0.504 e. The summed E-state index contributed by atoms with van der Waals surface area (Å²) in [5.41, 5.74) is 0.605. The van der Waals surface area contributed by atoms with Gasteiger partial charge in [0.05, 0.1) is 7.11 Å². The number of hydrogen-bond donors (Lipinski definition) is 1.